The monoisotopic (exact) mass is 315 g/mol. The van der Waals surface area contributed by atoms with Gasteiger partial charge in [-0.15, -0.1) is 11.8 Å². The molecular formula is C17H17NO3S. The van der Waals surface area contributed by atoms with Crippen molar-refractivity contribution in [1.29, 1.82) is 0 Å². The van der Waals surface area contributed by atoms with Gasteiger partial charge < -0.3 is 14.1 Å². The van der Waals surface area contributed by atoms with Gasteiger partial charge in [0.2, 0.25) is 5.91 Å². The standard InChI is InChI=1S/C17H17NO3S/c1-20-14-6-4-13(5-7-14)17-18(10-12-22-17)16(19)9-8-15-3-2-11-21-15/h2-9,11,17H,10,12H2,1H3/b9-8+/t17-/m1/s1. The molecule has 0 unspecified atom stereocenters. The van der Waals surface area contributed by atoms with Gasteiger partial charge in [-0.25, -0.2) is 0 Å². The van der Waals surface area contributed by atoms with Crippen LogP contribution in [0.3, 0.4) is 0 Å². The lowest BCUT2D eigenvalue weighted by atomic mass is 10.2. The zero-order valence-corrected chi connectivity index (χ0v) is 13.1. The van der Waals surface area contributed by atoms with Crippen molar-refractivity contribution in [2.24, 2.45) is 0 Å². The van der Waals surface area contributed by atoms with Crippen LogP contribution in [0, 0.1) is 0 Å². The van der Waals surface area contributed by atoms with Crippen molar-refractivity contribution in [2.75, 3.05) is 19.4 Å². The minimum Gasteiger partial charge on any atom is -0.497 e. The molecule has 0 aliphatic carbocycles. The maximum Gasteiger partial charge on any atom is 0.247 e. The highest BCUT2D eigenvalue weighted by atomic mass is 32.2. The number of rotatable bonds is 4. The number of carbonyl (C=O) groups excluding carboxylic acids is 1. The van der Waals surface area contributed by atoms with E-state index in [0.29, 0.717) is 5.76 Å². The predicted molar refractivity (Wildman–Crippen MR) is 87.6 cm³/mol. The quantitative estimate of drug-likeness (QED) is 0.809. The van der Waals surface area contributed by atoms with E-state index in [1.54, 1.807) is 43.4 Å². The van der Waals surface area contributed by atoms with Gasteiger partial charge in [0.25, 0.3) is 0 Å². The van der Waals surface area contributed by atoms with Gasteiger partial charge in [-0.3, -0.25) is 4.79 Å². The van der Waals surface area contributed by atoms with Crippen LogP contribution in [-0.4, -0.2) is 30.2 Å². The number of thioether (sulfide) groups is 1. The van der Waals surface area contributed by atoms with Crippen molar-refractivity contribution >= 4 is 23.7 Å². The van der Waals surface area contributed by atoms with Crippen LogP contribution in [-0.2, 0) is 4.79 Å². The Bertz CT molecular complexity index is 649. The van der Waals surface area contributed by atoms with E-state index < -0.39 is 0 Å². The highest BCUT2D eigenvalue weighted by Gasteiger charge is 2.29. The molecule has 2 heterocycles. The van der Waals surface area contributed by atoms with Crippen LogP contribution in [0.5, 0.6) is 5.75 Å². The molecule has 1 aromatic carbocycles. The van der Waals surface area contributed by atoms with E-state index in [2.05, 4.69) is 0 Å². The van der Waals surface area contributed by atoms with Gasteiger partial charge in [0.15, 0.2) is 0 Å². The third-order valence-electron chi connectivity index (χ3n) is 3.51. The van der Waals surface area contributed by atoms with Crippen molar-refractivity contribution in [3.63, 3.8) is 0 Å². The smallest absolute Gasteiger partial charge is 0.247 e. The Hall–Kier alpha value is -2.14. The Balaban J connectivity index is 1.73. The Labute approximate surface area is 133 Å². The summed E-state index contributed by atoms with van der Waals surface area (Å²) in [5, 5.41) is 0.0552. The second kappa shape index (κ2) is 6.75. The molecule has 1 fully saturated rings. The van der Waals surface area contributed by atoms with Crippen molar-refractivity contribution in [2.45, 2.75) is 5.37 Å². The van der Waals surface area contributed by atoms with Gasteiger partial charge in [-0.05, 0) is 35.9 Å². The van der Waals surface area contributed by atoms with Gasteiger partial charge in [-0.1, -0.05) is 12.1 Å². The Morgan fingerprint density at radius 1 is 1.36 bits per heavy atom. The van der Waals surface area contributed by atoms with Crippen LogP contribution in [0.15, 0.2) is 53.2 Å². The lowest BCUT2D eigenvalue weighted by Crippen LogP contribution is -2.28. The minimum absolute atomic E-state index is 0.00205. The van der Waals surface area contributed by atoms with Crippen LogP contribution in [0.1, 0.15) is 16.7 Å². The molecule has 0 N–H and O–H groups in total. The lowest BCUT2D eigenvalue weighted by molar-refractivity contribution is -0.126. The molecule has 1 amide bonds. The average Bonchev–Trinajstić information content (AvgIpc) is 3.24. The normalized spacial score (nSPS) is 18.0. The van der Waals surface area contributed by atoms with Crippen LogP contribution in [0.4, 0.5) is 0 Å². The molecule has 22 heavy (non-hydrogen) atoms. The first kappa shape index (κ1) is 14.8. The summed E-state index contributed by atoms with van der Waals surface area (Å²) in [6.45, 7) is 0.753. The molecule has 1 saturated heterocycles. The fourth-order valence-electron chi connectivity index (χ4n) is 2.38. The van der Waals surface area contributed by atoms with Crippen LogP contribution in [0.25, 0.3) is 6.08 Å². The van der Waals surface area contributed by atoms with E-state index in [4.69, 9.17) is 9.15 Å². The lowest BCUT2D eigenvalue weighted by Gasteiger charge is -2.23. The van der Waals surface area contributed by atoms with Gasteiger partial charge in [0.1, 0.15) is 16.9 Å². The number of nitrogens with zero attached hydrogens (tertiary/aromatic N) is 1. The molecule has 1 aromatic heterocycles. The molecule has 0 saturated carbocycles. The van der Waals surface area contributed by atoms with E-state index in [1.807, 2.05) is 35.2 Å². The van der Waals surface area contributed by atoms with Crippen molar-refractivity contribution in [3.05, 3.63) is 60.1 Å². The molecule has 1 aliphatic rings. The van der Waals surface area contributed by atoms with Crippen LogP contribution in [0.2, 0.25) is 0 Å². The van der Waals surface area contributed by atoms with E-state index in [-0.39, 0.29) is 11.3 Å². The zero-order chi connectivity index (χ0) is 15.4. The van der Waals surface area contributed by atoms with Crippen LogP contribution >= 0.6 is 11.8 Å². The molecule has 114 valence electrons. The number of hydrogen-bond acceptors (Lipinski definition) is 4. The largest absolute Gasteiger partial charge is 0.497 e. The summed E-state index contributed by atoms with van der Waals surface area (Å²) < 4.78 is 10.4. The molecule has 2 aromatic rings. The number of ether oxygens (including phenoxy) is 1. The average molecular weight is 315 g/mol. The first-order valence-corrected chi connectivity index (χ1v) is 8.10. The first-order valence-electron chi connectivity index (χ1n) is 7.05. The fraction of sp³-hybridized carbons (Fsp3) is 0.235. The number of methoxy groups -OCH3 is 1. The summed E-state index contributed by atoms with van der Waals surface area (Å²) in [5.74, 6) is 2.45. The molecule has 3 rings (SSSR count). The Morgan fingerprint density at radius 3 is 2.86 bits per heavy atom. The summed E-state index contributed by atoms with van der Waals surface area (Å²) in [6, 6.07) is 11.5. The highest BCUT2D eigenvalue weighted by Crippen LogP contribution is 2.38. The SMILES string of the molecule is COc1ccc([C@H]2SCCN2C(=O)/C=C/c2ccco2)cc1. The third-order valence-corrected chi connectivity index (χ3v) is 4.77. The topological polar surface area (TPSA) is 42.7 Å². The molecule has 4 nitrogen and oxygen atoms in total. The summed E-state index contributed by atoms with van der Waals surface area (Å²) in [6.07, 6.45) is 4.87. The van der Waals surface area contributed by atoms with Gasteiger partial charge in [-0.2, -0.15) is 0 Å². The van der Waals surface area contributed by atoms with E-state index in [1.165, 1.54) is 0 Å². The predicted octanol–water partition coefficient (Wildman–Crippen LogP) is 3.58. The molecule has 1 aliphatic heterocycles. The van der Waals surface area contributed by atoms with E-state index in [0.717, 1.165) is 23.6 Å². The van der Waals surface area contributed by atoms with Gasteiger partial charge in [0, 0.05) is 18.4 Å². The molecule has 0 spiro atoms. The molecule has 5 heteroatoms. The first-order chi connectivity index (χ1) is 10.8. The van der Waals surface area contributed by atoms with Gasteiger partial charge >= 0.3 is 0 Å². The van der Waals surface area contributed by atoms with Crippen LogP contribution < -0.4 is 4.74 Å². The summed E-state index contributed by atoms with van der Waals surface area (Å²) in [5.41, 5.74) is 1.11. The third kappa shape index (κ3) is 3.20. The van der Waals surface area contributed by atoms with Crippen molar-refractivity contribution in [1.82, 2.24) is 4.90 Å². The number of amides is 1. The van der Waals surface area contributed by atoms with Crippen molar-refractivity contribution < 1.29 is 13.9 Å². The maximum atomic E-state index is 12.4. The molecule has 1 atom stereocenters. The van der Waals surface area contributed by atoms with Gasteiger partial charge in [0.05, 0.1) is 13.4 Å². The van der Waals surface area contributed by atoms with E-state index >= 15 is 0 Å². The van der Waals surface area contributed by atoms with Crippen molar-refractivity contribution in [3.8, 4) is 5.75 Å². The molecular weight excluding hydrogens is 298 g/mol. The summed E-state index contributed by atoms with van der Waals surface area (Å²) in [7, 11) is 1.65. The minimum atomic E-state index is 0.00205. The maximum absolute atomic E-state index is 12.4. The number of furan rings is 1. The molecule has 0 bridgehead atoms. The number of carbonyl (C=O) groups is 1. The zero-order valence-electron chi connectivity index (χ0n) is 12.3. The fourth-order valence-corrected chi connectivity index (χ4v) is 3.64. The Kier molecular flexibility index (Phi) is 4.53. The highest BCUT2D eigenvalue weighted by molar-refractivity contribution is 7.99. The Morgan fingerprint density at radius 2 is 2.18 bits per heavy atom. The summed E-state index contributed by atoms with van der Waals surface area (Å²) in [4.78, 5) is 14.3. The number of benzene rings is 1. The molecule has 0 radical (unpaired) electrons. The number of hydrogen-bond donors (Lipinski definition) is 0. The summed E-state index contributed by atoms with van der Waals surface area (Å²) >= 11 is 1.78. The van der Waals surface area contributed by atoms with E-state index in [9.17, 15) is 4.79 Å². The second-order valence-electron chi connectivity index (χ2n) is 4.88. The second-order valence-corrected chi connectivity index (χ2v) is 6.06.